The van der Waals surface area contributed by atoms with Gasteiger partial charge in [0.25, 0.3) is 0 Å². The third-order valence-corrected chi connectivity index (χ3v) is 4.00. The van der Waals surface area contributed by atoms with E-state index in [1.165, 1.54) is 5.01 Å². The third kappa shape index (κ3) is 2.68. The topological polar surface area (TPSA) is 37.0 Å². The van der Waals surface area contributed by atoms with E-state index in [2.05, 4.69) is 9.95 Å². The second-order valence-electron chi connectivity index (χ2n) is 5.42. The lowest BCUT2D eigenvalue weighted by molar-refractivity contribution is -0.141. The Morgan fingerprint density at radius 2 is 2.35 bits per heavy atom. The van der Waals surface area contributed by atoms with Gasteiger partial charge in [-0.25, -0.2) is 9.85 Å². The first-order valence-electron chi connectivity index (χ1n) is 6.39. The van der Waals surface area contributed by atoms with E-state index in [-0.39, 0.29) is 17.8 Å². The Labute approximate surface area is 123 Å². The molecule has 20 heavy (non-hydrogen) atoms. The van der Waals surface area contributed by atoms with Crippen molar-refractivity contribution in [1.82, 2.24) is 5.01 Å². The maximum Gasteiger partial charge on any atom is 0.250 e. The fourth-order valence-corrected chi connectivity index (χ4v) is 2.17. The molecule has 2 rings (SSSR count). The summed E-state index contributed by atoms with van der Waals surface area (Å²) in [6, 6.07) is 7.16. The number of benzene rings is 1. The molecule has 0 fully saturated rings. The van der Waals surface area contributed by atoms with Crippen LogP contribution in [0, 0.1) is 12.0 Å². The minimum Gasteiger partial charge on any atom is -0.272 e. The third-order valence-electron chi connectivity index (χ3n) is 3.34. The lowest BCUT2D eigenvalue weighted by atomic mass is 9.93. The molecule has 1 aromatic rings. The van der Waals surface area contributed by atoms with Gasteiger partial charge in [0.1, 0.15) is 0 Å². The van der Waals surface area contributed by atoms with Gasteiger partial charge in [-0.3, -0.25) is 4.79 Å². The summed E-state index contributed by atoms with van der Waals surface area (Å²) < 4.78 is 0. The summed E-state index contributed by atoms with van der Waals surface area (Å²) in [5.41, 5.74) is 0.840. The fraction of sp³-hybridized carbons (Fsp3) is 0.400. The summed E-state index contributed by atoms with van der Waals surface area (Å²) in [5, 5.41) is 5.68. The molecule has 1 heterocycles. The summed E-state index contributed by atoms with van der Waals surface area (Å²) in [5.74, 6) is 0.145. The highest BCUT2D eigenvalue weighted by Gasteiger charge is 2.37. The highest BCUT2D eigenvalue weighted by molar-refractivity contribution is 6.19. The van der Waals surface area contributed by atoms with E-state index in [0.717, 1.165) is 5.56 Å². The number of carbonyl (C=O) groups is 1. The van der Waals surface area contributed by atoms with Gasteiger partial charge in [-0.2, -0.15) is 5.10 Å². The van der Waals surface area contributed by atoms with Gasteiger partial charge < -0.3 is 0 Å². The molecular weight excluding hydrogens is 274 g/mol. The number of carbonyl (C=O) groups excluding carboxylic acids is 1. The minimum absolute atomic E-state index is 0.0977. The molecule has 0 aliphatic carbocycles. The van der Waals surface area contributed by atoms with E-state index in [1.807, 2.05) is 26.0 Å². The Hall–Kier alpha value is -1.86. The Bertz CT molecular complexity index is 589. The molecule has 1 aliphatic heterocycles. The molecular formula is C15H16ClN3O. The quantitative estimate of drug-likeness (QED) is 0.616. The lowest BCUT2D eigenvalue weighted by Gasteiger charge is -2.29. The second-order valence-corrected chi connectivity index (χ2v) is 5.69. The van der Waals surface area contributed by atoms with Crippen LogP contribution in [-0.2, 0) is 4.79 Å². The molecule has 5 heteroatoms. The Morgan fingerprint density at radius 3 is 3.00 bits per heavy atom. The summed E-state index contributed by atoms with van der Waals surface area (Å²) >= 11 is 5.87. The Morgan fingerprint density at radius 1 is 1.60 bits per heavy atom. The average Bonchev–Trinajstić information content (AvgIpc) is 2.95. The number of nitrogens with zero attached hydrogens (tertiary/aromatic N) is 3. The average molecular weight is 290 g/mol. The van der Waals surface area contributed by atoms with Crippen LogP contribution in [-0.4, -0.2) is 23.0 Å². The normalized spacial score (nSPS) is 18.1. The molecule has 1 amide bonds. The lowest BCUT2D eigenvalue weighted by Crippen LogP contribution is -2.39. The van der Waals surface area contributed by atoms with Crippen LogP contribution >= 0.6 is 11.6 Å². The highest BCUT2D eigenvalue weighted by Crippen LogP contribution is 2.34. The number of amides is 1. The monoisotopic (exact) mass is 289 g/mol. The number of alkyl halides is 1. The predicted octanol–water partition coefficient (Wildman–Crippen LogP) is 3.76. The van der Waals surface area contributed by atoms with Crippen LogP contribution in [0.3, 0.4) is 0 Å². The first-order chi connectivity index (χ1) is 9.49. The van der Waals surface area contributed by atoms with Crippen molar-refractivity contribution in [2.75, 3.05) is 5.88 Å². The Balaban J connectivity index is 2.29. The van der Waals surface area contributed by atoms with Gasteiger partial charge in [0.05, 0.1) is 18.0 Å². The summed E-state index contributed by atoms with van der Waals surface area (Å²) in [6.07, 6.45) is 2.39. The van der Waals surface area contributed by atoms with Crippen molar-refractivity contribution in [3.05, 3.63) is 41.2 Å². The van der Waals surface area contributed by atoms with Gasteiger partial charge in [-0.1, -0.05) is 24.3 Å². The van der Waals surface area contributed by atoms with Gasteiger partial charge in [0.15, 0.2) is 5.69 Å². The van der Waals surface area contributed by atoms with E-state index < -0.39 is 5.41 Å². The standard InChI is InChI=1S/C15H16ClN3O/c1-15(2,10-16)14(20)19-13(7-8-18-19)11-5-4-6-12(9-11)17-3/h4-6,8-9,13H,7,10H2,1-2H3. The molecule has 4 nitrogen and oxygen atoms in total. The fourth-order valence-electron chi connectivity index (χ4n) is 2.06. The maximum atomic E-state index is 12.5. The van der Waals surface area contributed by atoms with Crippen molar-refractivity contribution in [2.45, 2.75) is 26.3 Å². The number of hydrazone groups is 1. The molecule has 0 spiro atoms. The number of halogens is 1. The predicted molar refractivity (Wildman–Crippen MR) is 79.9 cm³/mol. The van der Waals surface area contributed by atoms with Crippen LogP contribution in [0.1, 0.15) is 31.9 Å². The van der Waals surface area contributed by atoms with Crippen LogP contribution in [0.5, 0.6) is 0 Å². The highest BCUT2D eigenvalue weighted by atomic mass is 35.5. The van der Waals surface area contributed by atoms with E-state index in [9.17, 15) is 4.79 Å². The van der Waals surface area contributed by atoms with E-state index in [4.69, 9.17) is 18.2 Å². The van der Waals surface area contributed by atoms with Crippen molar-refractivity contribution in [1.29, 1.82) is 0 Å². The number of rotatable bonds is 3. The smallest absolute Gasteiger partial charge is 0.250 e. The van der Waals surface area contributed by atoms with Gasteiger partial charge in [0.2, 0.25) is 5.91 Å². The first kappa shape index (κ1) is 14.5. The Kier molecular flexibility index (Phi) is 4.10. The molecule has 0 saturated heterocycles. The maximum absolute atomic E-state index is 12.5. The summed E-state index contributed by atoms with van der Waals surface area (Å²) in [7, 11) is 0. The molecule has 0 bridgehead atoms. The van der Waals surface area contributed by atoms with Crippen LogP contribution in [0.15, 0.2) is 29.4 Å². The zero-order chi connectivity index (χ0) is 14.8. The van der Waals surface area contributed by atoms with Gasteiger partial charge in [-0.05, 0) is 19.4 Å². The van der Waals surface area contributed by atoms with Crippen LogP contribution in [0.4, 0.5) is 5.69 Å². The zero-order valence-corrected chi connectivity index (χ0v) is 12.3. The van der Waals surface area contributed by atoms with E-state index in [0.29, 0.717) is 12.1 Å². The van der Waals surface area contributed by atoms with Crippen LogP contribution < -0.4 is 0 Å². The van der Waals surface area contributed by atoms with Crippen molar-refractivity contribution in [3.8, 4) is 0 Å². The van der Waals surface area contributed by atoms with Crippen LogP contribution in [0.2, 0.25) is 0 Å². The molecule has 0 radical (unpaired) electrons. The van der Waals surface area contributed by atoms with Gasteiger partial charge in [-0.15, -0.1) is 11.6 Å². The largest absolute Gasteiger partial charge is 0.272 e. The molecule has 1 atom stereocenters. The summed E-state index contributed by atoms with van der Waals surface area (Å²) in [6.45, 7) is 10.7. The molecule has 0 aromatic heterocycles. The molecule has 1 aromatic carbocycles. The first-order valence-corrected chi connectivity index (χ1v) is 6.92. The van der Waals surface area contributed by atoms with Gasteiger partial charge >= 0.3 is 0 Å². The summed E-state index contributed by atoms with van der Waals surface area (Å²) in [4.78, 5) is 15.9. The van der Waals surface area contributed by atoms with Crippen molar-refractivity contribution >= 4 is 29.4 Å². The SMILES string of the molecule is [C-]#[N+]c1cccc(C2CC=NN2C(=O)C(C)(C)CCl)c1. The van der Waals surface area contributed by atoms with E-state index >= 15 is 0 Å². The molecule has 104 valence electrons. The molecule has 1 aliphatic rings. The number of hydrogen-bond acceptors (Lipinski definition) is 2. The number of hydrogen-bond donors (Lipinski definition) is 0. The molecule has 0 saturated carbocycles. The van der Waals surface area contributed by atoms with Crippen molar-refractivity contribution in [3.63, 3.8) is 0 Å². The minimum atomic E-state index is -0.654. The van der Waals surface area contributed by atoms with E-state index in [1.54, 1.807) is 18.3 Å². The van der Waals surface area contributed by atoms with Gasteiger partial charge in [0, 0.05) is 18.5 Å². The van der Waals surface area contributed by atoms with Crippen molar-refractivity contribution in [2.24, 2.45) is 10.5 Å². The molecule has 0 N–H and O–H groups in total. The zero-order valence-electron chi connectivity index (χ0n) is 11.5. The molecule has 1 unspecified atom stereocenters. The van der Waals surface area contributed by atoms with Crippen molar-refractivity contribution < 1.29 is 4.79 Å². The van der Waals surface area contributed by atoms with Crippen LogP contribution in [0.25, 0.3) is 4.85 Å². The second kappa shape index (κ2) is 5.64.